The van der Waals surface area contributed by atoms with Crippen LogP contribution in [-0.4, -0.2) is 28.0 Å². The van der Waals surface area contributed by atoms with Crippen LogP contribution < -0.4 is 0 Å². The van der Waals surface area contributed by atoms with E-state index in [9.17, 15) is 10.0 Å². The summed E-state index contributed by atoms with van der Waals surface area (Å²) in [5, 5.41) is 10.0. The molecular weight excluding hydrogens is 232 g/mol. The van der Waals surface area contributed by atoms with Crippen LogP contribution in [0.2, 0.25) is 0 Å². The average Bonchev–Trinajstić information content (AvgIpc) is 2.67. The van der Waals surface area contributed by atoms with Crippen molar-refractivity contribution >= 4 is 17.0 Å². The highest BCUT2D eigenvalue weighted by molar-refractivity contribution is 5.94. The molecule has 1 aromatic heterocycles. The van der Waals surface area contributed by atoms with Gasteiger partial charge in [-0.25, -0.2) is 9.78 Å². The molecule has 0 aliphatic carbocycles. The number of hydrogen-bond donors (Lipinski definition) is 1. The van der Waals surface area contributed by atoms with Crippen molar-refractivity contribution in [3.8, 4) is 0 Å². The van der Waals surface area contributed by atoms with Crippen LogP contribution >= 0.6 is 0 Å². The van der Waals surface area contributed by atoms with Crippen LogP contribution in [0.25, 0.3) is 11.0 Å². The van der Waals surface area contributed by atoms with E-state index in [0.717, 1.165) is 16.7 Å². The summed E-state index contributed by atoms with van der Waals surface area (Å²) in [6, 6.07) is 3.32. The predicted octanol–water partition coefficient (Wildman–Crippen LogP) is 2.32. The molecule has 0 saturated carbocycles. The van der Waals surface area contributed by atoms with Gasteiger partial charge in [-0.2, -0.15) is 4.73 Å². The summed E-state index contributed by atoms with van der Waals surface area (Å²) >= 11 is 0. The summed E-state index contributed by atoms with van der Waals surface area (Å²) < 4.78 is 5.74. The number of aromatic nitrogens is 2. The molecule has 0 amide bonds. The minimum atomic E-state index is -0.418. The lowest BCUT2D eigenvalue weighted by Crippen LogP contribution is -2.03. The van der Waals surface area contributed by atoms with Crippen molar-refractivity contribution in [2.75, 3.05) is 7.11 Å². The number of ether oxygens (including phenoxy) is 1. The molecule has 1 aromatic carbocycles. The van der Waals surface area contributed by atoms with E-state index in [1.54, 1.807) is 12.1 Å². The van der Waals surface area contributed by atoms with Crippen LogP contribution in [0, 0.1) is 6.92 Å². The summed E-state index contributed by atoms with van der Waals surface area (Å²) in [6.07, 6.45) is 1.59. The maximum atomic E-state index is 11.5. The van der Waals surface area contributed by atoms with Gasteiger partial charge < -0.3 is 9.94 Å². The van der Waals surface area contributed by atoms with Gasteiger partial charge in [0.15, 0.2) is 0 Å². The number of fused-ring (bicyclic) bond motifs is 1. The lowest BCUT2D eigenvalue weighted by Gasteiger charge is -2.02. The van der Waals surface area contributed by atoms with Gasteiger partial charge in [-0.3, -0.25) is 0 Å². The fourth-order valence-electron chi connectivity index (χ4n) is 2.00. The first-order chi connectivity index (χ1) is 8.58. The molecule has 1 heterocycles. The number of carbonyl (C=O) groups excluding carboxylic acids is 1. The number of methoxy groups -OCH3 is 1. The van der Waals surface area contributed by atoms with Gasteiger partial charge in [0.1, 0.15) is 11.3 Å². The van der Waals surface area contributed by atoms with E-state index in [1.165, 1.54) is 7.11 Å². The van der Waals surface area contributed by atoms with E-state index >= 15 is 0 Å². The molecular formula is C13H16N2O3. The van der Waals surface area contributed by atoms with Crippen LogP contribution in [0.1, 0.15) is 35.1 Å². The van der Waals surface area contributed by atoms with E-state index in [-0.39, 0.29) is 0 Å². The van der Waals surface area contributed by atoms with Gasteiger partial charge in [0.25, 0.3) is 0 Å². The van der Waals surface area contributed by atoms with Crippen LogP contribution in [0.15, 0.2) is 12.1 Å². The Labute approximate surface area is 105 Å². The average molecular weight is 248 g/mol. The van der Waals surface area contributed by atoms with Crippen molar-refractivity contribution < 1.29 is 14.7 Å². The molecule has 1 N–H and O–H groups in total. The molecule has 2 aromatic rings. The fourth-order valence-corrected chi connectivity index (χ4v) is 2.00. The number of esters is 1. The zero-order valence-corrected chi connectivity index (χ0v) is 10.7. The first-order valence-corrected chi connectivity index (χ1v) is 5.88. The second-order valence-corrected chi connectivity index (χ2v) is 4.24. The molecule has 0 aliphatic rings. The van der Waals surface area contributed by atoms with E-state index in [1.807, 2.05) is 13.8 Å². The molecule has 5 nitrogen and oxygen atoms in total. The number of aryl methyl sites for hydroxylation is 2. The van der Waals surface area contributed by atoms with E-state index in [4.69, 9.17) is 0 Å². The lowest BCUT2D eigenvalue weighted by atomic mass is 10.1. The van der Waals surface area contributed by atoms with Gasteiger partial charge in [-0.05, 0) is 31.0 Å². The number of rotatable bonds is 3. The highest BCUT2D eigenvalue weighted by Gasteiger charge is 2.15. The molecule has 0 aliphatic heterocycles. The minimum absolute atomic E-state index is 0.417. The molecule has 0 spiro atoms. The summed E-state index contributed by atoms with van der Waals surface area (Å²) in [7, 11) is 1.33. The zero-order valence-electron chi connectivity index (χ0n) is 10.7. The summed E-state index contributed by atoms with van der Waals surface area (Å²) in [6.45, 7) is 3.88. The minimum Gasteiger partial charge on any atom is -0.465 e. The Morgan fingerprint density at radius 2 is 2.22 bits per heavy atom. The monoisotopic (exact) mass is 248 g/mol. The molecule has 5 heteroatoms. The van der Waals surface area contributed by atoms with E-state index in [2.05, 4.69) is 9.72 Å². The van der Waals surface area contributed by atoms with E-state index in [0.29, 0.717) is 28.8 Å². The standard InChI is InChI=1S/C13H16N2O3/c1-4-5-11-14-12-8(2)6-9(13(16)18-3)7-10(12)15(11)17/h6-7,17H,4-5H2,1-3H3. The van der Waals surface area contributed by atoms with Gasteiger partial charge in [0, 0.05) is 6.42 Å². The molecule has 18 heavy (non-hydrogen) atoms. The first-order valence-electron chi connectivity index (χ1n) is 5.88. The highest BCUT2D eigenvalue weighted by atomic mass is 16.5. The fraction of sp³-hybridized carbons (Fsp3) is 0.385. The molecule has 0 radical (unpaired) electrons. The summed E-state index contributed by atoms with van der Waals surface area (Å²) in [5.41, 5.74) is 2.52. The van der Waals surface area contributed by atoms with Crippen molar-refractivity contribution in [3.63, 3.8) is 0 Å². The Morgan fingerprint density at radius 3 is 2.83 bits per heavy atom. The molecule has 96 valence electrons. The smallest absolute Gasteiger partial charge is 0.337 e. The van der Waals surface area contributed by atoms with Crippen LogP contribution in [-0.2, 0) is 11.2 Å². The van der Waals surface area contributed by atoms with Crippen molar-refractivity contribution in [1.82, 2.24) is 9.71 Å². The van der Waals surface area contributed by atoms with Gasteiger partial charge in [-0.1, -0.05) is 6.92 Å². The van der Waals surface area contributed by atoms with Gasteiger partial charge >= 0.3 is 5.97 Å². The quantitative estimate of drug-likeness (QED) is 0.668. The van der Waals surface area contributed by atoms with Gasteiger partial charge in [0.2, 0.25) is 0 Å². The third-order valence-corrected chi connectivity index (χ3v) is 2.89. The predicted molar refractivity (Wildman–Crippen MR) is 67.0 cm³/mol. The molecule has 0 fully saturated rings. The van der Waals surface area contributed by atoms with Crippen LogP contribution in [0.4, 0.5) is 0 Å². The van der Waals surface area contributed by atoms with Crippen molar-refractivity contribution in [2.45, 2.75) is 26.7 Å². The normalized spacial score (nSPS) is 10.8. The van der Waals surface area contributed by atoms with Crippen molar-refractivity contribution in [2.24, 2.45) is 0 Å². The zero-order chi connectivity index (χ0) is 13.3. The molecule has 0 saturated heterocycles. The van der Waals surface area contributed by atoms with Crippen LogP contribution in [0.3, 0.4) is 0 Å². The Balaban J connectivity index is 2.64. The summed E-state index contributed by atoms with van der Waals surface area (Å²) in [5.74, 6) is 0.191. The second kappa shape index (κ2) is 4.68. The molecule has 2 rings (SSSR count). The molecule has 0 unspecified atom stereocenters. The number of imidazole rings is 1. The third kappa shape index (κ3) is 1.92. The van der Waals surface area contributed by atoms with Crippen molar-refractivity contribution in [3.05, 3.63) is 29.1 Å². The number of benzene rings is 1. The van der Waals surface area contributed by atoms with Gasteiger partial charge in [0.05, 0.1) is 18.2 Å². The molecule has 0 bridgehead atoms. The maximum absolute atomic E-state index is 11.5. The number of nitrogens with zero attached hydrogens (tertiary/aromatic N) is 2. The third-order valence-electron chi connectivity index (χ3n) is 2.89. The maximum Gasteiger partial charge on any atom is 0.337 e. The van der Waals surface area contributed by atoms with Gasteiger partial charge in [-0.15, -0.1) is 0 Å². The summed E-state index contributed by atoms with van der Waals surface area (Å²) in [4.78, 5) is 15.9. The largest absolute Gasteiger partial charge is 0.465 e. The Kier molecular flexibility index (Phi) is 3.23. The van der Waals surface area contributed by atoms with Crippen molar-refractivity contribution in [1.29, 1.82) is 0 Å². The first kappa shape index (κ1) is 12.4. The Morgan fingerprint density at radius 1 is 1.50 bits per heavy atom. The van der Waals surface area contributed by atoms with E-state index < -0.39 is 5.97 Å². The SMILES string of the molecule is CCCc1nc2c(C)cc(C(=O)OC)cc2n1O. The number of carbonyl (C=O) groups is 1. The lowest BCUT2D eigenvalue weighted by molar-refractivity contribution is 0.0600. The Bertz CT molecular complexity index is 602. The Hall–Kier alpha value is -2.04. The second-order valence-electron chi connectivity index (χ2n) is 4.24. The highest BCUT2D eigenvalue weighted by Crippen LogP contribution is 2.22. The number of hydrogen-bond acceptors (Lipinski definition) is 4. The van der Waals surface area contributed by atoms with Crippen LogP contribution in [0.5, 0.6) is 0 Å². The molecule has 0 atom stereocenters. The topological polar surface area (TPSA) is 64.3 Å².